The molecule has 1 heterocycles. The first-order chi connectivity index (χ1) is 9.22. The zero-order valence-electron chi connectivity index (χ0n) is 10.7. The number of halogens is 1. The number of aliphatic imine (C=N–C) groups is 1. The smallest absolute Gasteiger partial charge is 0.165 e. The van der Waals surface area contributed by atoms with Crippen molar-refractivity contribution in [1.29, 1.82) is 0 Å². The summed E-state index contributed by atoms with van der Waals surface area (Å²) in [5, 5.41) is 0. The Kier molecular flexibility index (Phi) is 3.03. The molecule has 0 aromatic heterocycles. The normalized spacial score (nSPS) is 13.7. The predicted molar refractivity (Wildman–Crippen MR) is 74.0 cm³/mol. The van der Waals surface area contributed by atoms with Crippen molar-refractivity contribution in [2.45, 2.75) is 19.8 Å². The van der Waals surface area contributed by atoms with Crippen molar-refractivity contribution < 1.29 is 9.13 Å². The van der Waals surface area contributed by atoms with E-state index in [1.807, 2.05) is 25.1 Å². The SMILES string of the molecule is CC1=Nc2ccc(Oc3ccccc3F)cc2CC1. The van der Waals surface area contributed by atoms with E-state index in [9.17, 15) is 4.39 Å². The third kappa shape index (κ3) is 2.50. The molecule has 2 aromatic carbocycles. The average molecular weight is 255 g/mol. The van der Waals surface area contributed by atoms with E-state index in [2.05, 4.69) is 4.99 Å². The van der Waals surface area contributed by atoms with E-state index >= 15 is 0 Å². The minimum absolute atomic E-state index is 0.248. The second-order valence-electron chi connectivity index (χ2n) is 4.67. The number of ether oxygens (including phenoxy) is 1. The number of nitrogens with zero attached hydrogens (tertiary/aromatic N) is 1. The van der Waals surface area contributed by atoms with Crippen LogP contribution in [0.4, 0.5) is 10.1 Å². The van der Waals surface area contributed by atoms with Gasteiger partial charge in [-0.1, -0.05) is 12.1 Å². The Morgan fingerprint density at radius 3 is 2.79 bits per heavy atom. The summed E-state index contributed by atoms with van der Waals surface area (Å²) in [5.74, 6) is 0.547. The number of aryl methyl sites for hydroxylation is 1. The van der Waals surface area contributed by atoms with Crippen molar-refractivity contribution in [3.8, 4) is 11.5 Å². The van der Waals surface area contributed by atoms with E-state index in [0.717, 1.165) is 29.8 Å². The molecule has 0 aliphatic carbocycles. The summed E-state index contributed by atoms with van der Waals surface area (Å²) < 4.78 is 19.1. The summed E-state index contributed by atoms with van der Waals surface area (Å²) in [6.07, 6.45) is 1.93. The number of para-hydroxylation sites is 1. The van der Waals surface area contributed by atoms with Crippen LogP contribution >= 0.6 is 0 Å². The van der Waals surface area contributed by atoms with E-state index in [-0.39, 0.29) is 11.6 Å². The fraction of sp³-hybridized carbons (Fsp3) is 0.188. The lowest BCUT2D eigenvalue weighted by Crippen LogP contribution is -2.01. The Hall–Kier alpha value is -2.16. The molecule has 0 fully saturated rings. The van der Waals surface area contributed by atoms with Gasteiger partial charge in [-0.05, 0) is 55.7 Å². The quantitative estimate of drug-likeness (QED) is 0.765. The van der Waals surface area contributed by atoms with Crippen LogP contribution in [0.15, 0.2) is 47.5 Å². The minimum atomic E-state index is -0.353. The fourth-order valence-corrected chi connectivity index (χ4v) is 2.17. The van der Waals surface area contributed by atoms with Crippen molar-refractivity contribution in [3.63, 3.8) is 0 Å². The van der Waals surface area contributed by atoms with Gasteiger partial charge in [0.15, 0.2) is 11.6 Å². The maximum absolute atomic E-state index is 13.5. The van der Waals surface area contributed by atoms with E-state index in [4.69, 9.17) is 4.74 Å². The van der Waals surface area contributed by atoms with Gasteiger partial charge >= 0.3 is 0 Å². The van der Waals surface area contributed by atoms with Crippen LogP contribution in [0.25, 0.3) is 0 Å². The van der Waals surface area contributed by atoms with Gasteiger partial charge < -0.3 is 4.74 Å². The molecule has 3 heteroatoms. The van der Waals surface area contributed by atoms with Gasteiger partial charge in [-0.25, -0.2) is 4.39 Å². The maximum Gasteiger partial charge on any atom is 0.165 e. The molecule has 0 N–H and O–H groups in total. The number of rotatable bonds is 2. The highest BCUT2D eigenvalue weighted by atomic mass is 19.1. The Bertz CT molecular complexity index is 649. The number of hydrogen-bond donors (Lipinski definition) is 0. The number of fused-ring (bicyclic) bond motifs is 1. The highest BCUT2D eigenvalue weighted by Crippen LogP contribution is 2.32. The lowest BCUT2D eigenvalue weighted by atomic mass is 10.0. The van der Waals surface area contributed by atoms with Crippen molar-refractivity contribution >= 4 is 11.4 Å². The van der Waals surface area contributed by atoms with Gasteiger partial charge in [0.05, 0.1) is 5.69 Å². The second kappa shape index (κ2) is 4.84. The Labute approximate surface area is 111 Å². The molecule has 96 valence electrons. The van der Waals surface area contributed by atoms with Crippen molar-refractivity contribution in [1.82, 2.24) is 0 Å². The molecular weight excluding hydrogens is 241 g/mol. The highest BCUT2D eigenvalue weighted by Gasteiger charge is 2.11. The minimum Gasteiger partial charge on any atom is -0.454 e. The van der Waals surface area contributed by atoms with Crippen LogP contribution in [0.2, 0.25) is 0 Å². The predicted octanol–water partition coefficient (Wildman–Crippen LogP) is 4.66. The first-order valence-electron chi connectivity index (χ1n) is 6.32. The molecule has 1 aliphatic rings. The summed E-state index contributed by atoms with van der Waals surface area (Å²) in [4.78, 5) is 4.50. The van der Waals surface area contributed by atoms with Crippen molar-refractivity contribution in [2.75, 3.05) is 0 Å². The van der Waals surface area contributed by atoms with E-state index in [1.54, 1.807) is 18.2 Å². The first kappa shape index (κ1) is 11.9. The van der Waals surface area contributed by atoms with Gasteiger partial charge in [0, 0.05) is 5.71 Å². The van der Waals surface area contributed by atoms with E-state index < -0.39 is 0 Å². The topological polar surface area (TPSA) is 21.6 Å². The monoisotopic (exact) mass is 255 g/mol. The molecule has 0 bridgehead atoms. The first-order valence-corrected chi connectivity index (χ1v) is 6.32. The Morgan fingerprint density at radius 2 is 1.95 bits per heavy atom. The highest BCUT2D eigenvalue weighted by molar-refractivity contribution is 5.87. The number of benzene rings is 2. The van der Waals surface area contributed by atoms with Gasteiger partial charge in [0.2, 0.25) is 0 Å². The molecule has 2 aromatic rings. The van der Waals surface area contributed by atoms with Gasteiger partial charge in [-0.2, -0.15) is 0 Å². The molecule has 1 aliphatic heterocycles. The van der Waals surface area contributed by atoms with Crippen molar-refractivity contribution in [3.05, 3.63) is 53.8 Å². The van der Waals surface area contributed by atoms with Crippen LogP contribution in [0.3, 0.4) is 0 Å². The molecule has 2 nitrogen and oxygen atoms in total. The van der Waals surface area contributed by atoms with E-state index in [1.165, 1.54) is 6.07 Å². The van der Waals surface area contributed by atoms with Gasteiger partial charge in [0.1, 0.15) is 5.75 Å². The van der Waals surface area contributed by atoms with Crippen LogP contribution in [0.5, 0.6) is 11.5 Å². The summed E-state index contributed by atoms with van der Waals surface area (Å²) in [6.45, 7) is 2.03. The van der Waals surface area contributed by atoms with Crippen LogP contribution in [-0.2, 0) is 6.42 Å². The van der Waals surface area contributed by atoms with Gasteiger partial charge in [0.25, 0.3) is 0 Å². The molecule has 0 amide bonds. The standard InChI is InChI=1S/C16H14FNO/c1-11-6-7-12-10-13(8-9-15(12)18-11)19-16-5-3-2-4-14(16)17/h2-5,8-10H,6-7H2,1H3. The molecule has 0 saturated carbocycles. The Balaban J connectivity index is 1.90. The third-order valence-electron chi connectivity index (χ3n) is 3.18. The van der Waals surface area contributed by atoms with Crippen molar-refractivity contribution in [2.24, 2.45) is 4.99 Å². The van der Waals surface area contributed by atoms with Crippen LogP contribution in [-0.4, -0.2) is 5.71 Å². The summed E-state index contributed by atoms with van der Waals surface area (Å²) in [6, 6.07) is 12.1. The molecular formula is C16H14FNO. The molecule has 0 radical (unpaired) electrons. The number of hydrogen-bond acceptors (Lipinski definition) is 2. The zero-order valence-corrected chi connectivity index (χ0v) is 10.7. The van der Waals surface area contributed by atoms with Gasteiger partial charge in [-0.15, -0.1) is 0 Å². The third-order valence-corrected chi connectivity index (χ3v) is 3.18. The fourth-order valence-electron chi connectivity index (χ4n) is 2.17. The molecule has 19 heavy (non-hydrogen) atoms. The second-order valence-corrected chi connectivity index (χ2v) is 4.67. The lowest BCUT2D eigenvalue weighted by Gasteiger charge is -2.14. The summed E-state index contributed by atoms with van der Waals surface area (Å²) >= 11 is 0. The molecule has 0 saturated heterocycles. The largest absolute Gasteiger partial charge is 0.454 e. The van der Waals surface area contributed by atoms with Crippen LogP contribution in [0, 0.1) is 5.82 Å². The van der Waals surface area contributed by atoms with Crippen LogP contribution < -0.4 is 4.74 Å². The lowest BCUT2D eigenvalue weighted by molar-refractivity contribution is 0.442. The van der Waals surface area contributed by atoms with Crippen LogP contribution in [0.1, 0.15) is 18.9 Å². The average Bonchev–Trinajstić information content (AvgIpc) is 2.41. The molecule has 3 rings (SSSR count). The molecule has 0 spiro atoms. The van der Waals surface area contributed by atoms with E-state index in [0.29, 0.717) is 5.75 Å². The summed E-state index contributed by atoms with van der Waals surface area (Å²) in [5.41, 5.74) is 3.29. The zero-order chi connectivity index (χ0) is 13.2. The maximum atomic E-state index is 13.5. The molecule has 0 atom stereocenters. The van der Waals surface area contributed by atoms with Gasteiger partial charge in [-0.3, -0.25) is 4.99 Å². The summed E-state index contributed by atoms with van der Waals surface area (Å²) in [7, 11) is 0. The molecule has 0 unspecified atom stereocenters. The Morgan fingerprint density at radius 1 is 1.11 bits per heavy atom.